The molecule has 1 aromatic carbocycles. The number of nitrogens with zero attached hydrogens (tertiary/aromatic N) is 7. The molecule has 6 rings (SSSR count). The van der Waals surface area contributed by atoms with Crippen LogP contribution in [0, 0.1) is 11.3 Å². The molecule has 1 saturated heterocycles. The Balaban J connectivity index is 1.59. The molecule has 1 aliphatic heterocycles. The summed E-state index contributed by atoms with van der Waals surface area (Å²) in [7, 11) is -4.04. The molecule has 37 heavy (non-hydrogen) atoms. The molecule has 3 aromatic heterocycles. The zero-order valence-corrected chi connectivity index (χ0v) is 21.1. The molecule has 1 N–H and O–H groups in total. The van der Waals surface area contributed by atoms with E-state index in [2.05, 4.69) is 29.8 Å². The van der Waals surface area contributed by atoms with Crippen LogP contribution >= 0.6 is 11.3 Å². The number of alkyl halides is 2. The summed E-state index contributed by atoms with van der Waals surface area (Å²) in [6.07, 6.45) is -0.584. The van der Waals surface area contributed by atoms with E-state index in [0.29, 0.717) is 71.6 Å². The monoisotopic (exact) mass is 546 g/mol. The van der Waals surface area contributed by atoms with Gasteiger partial charge in [0.25, 0.3) is 6.43 Å². The predicted octanol–water partition coefficient (Wildman–Crippen LogP) is 2.92. The summed E-state index contributed by atoms with van der Waals surface area (Å²) in [6, 6.07) is 6.54. The average Bonchev–Trinajstić information content (AvgIpc) is 3.32. The van der Waals surface area contributed by atoms with Crippen LogP contribution in [-0.2, 0) is 14.8 Å². The molecule has 1 atom stereocenters. The number of benzene rings is 1. The molecule has 2 aliphatic rings. The molecule has 11 nitrogen and oxygen atoms in total. The van der Waals surface area contributed by atoms with Gasteiger partial charge in [-0.2, -0.15) is 9.98 Å². The minimum atomic E-state index is -4.04. The number of rotatable bonds is 6. The molecule has 4 aromatic rings. The van der Waals surface area contributed by atoms with Gasteiger partial charge in [-0.25, -0.2) is 27.2 Å². The van der Waals surface area contributed by atoms with Gasteiger partial charge in [-0.1, -0.05) is 17.4 Å². The van der Waals surface area contributed by atoms with Gasteiger partial charge in [-0.15, -0.1) is 10.2 Å². The first-order valence-electron chi connectivity index (χ1n) is 11.4. The lowest BCUT2D eigenvalue weighted by molar-refractivity contribution is 0.0530. The highest BCUT2D eigenvalue weighted by Crippen LogP contribution is 2.40. The van der Waals surface area contributed by atoms with Crippen LogP contribution in [0.4, 0.5) is 14.6 Å². The summed E-state index contributed by atoms with van der Waals surface area (Å²) in [5.74, 6) is 0.623. The molecule has 1 saturated carbocycles. The molecule has 0 unspecified atom stereocenters. The van der Waals surface area contributed by atoms with E-state index in [1.807, 2.05) is 13.0 Å². The Hall–Kier alpha value is -3.32. The van der Waals surface area contributed by atoms with Crippen LogP contribution in [0.25, 0.3) is 27.1 Å². The zero-order valence-electron chi connectivity index (χ0n) is 19.4. The van der Waals surface area contributed by atoms with E-state index in [1.54, 1.807) is 6.07 Å². The second-order valence-corrected chi connectivity index (χ2v) is 11.7. The summed E-state index contributed by atoms with van der Waals surface area (Å²) >= 11 is 0.696. The van der Waals surface area contributed by atoms with Crippen molar-refractivity contribution < 1.29 is 21.9 Å². The maximum absolute atomic E-state index is 13.4. The fourth-order valence-corrected chi connectivity index (χ4v) is 6.61. The summed E-state index contributed by atoms with van der Waals surface area (Å²) in [5, 5.41) is 17.8. The summed E-state index contributed by atoms with van der Waals surface area (Å²) in [4.78, 5) is 10.9. The second kappa shape index (κ2) is 8.62. The lowest BCUT2D eigenvalue weighted by atomic mass is 10.2. The highest BCUT2D eigenvalue weighted by molar-refractivity contribution is 7.89. The van der Waals surface area contributed by atoms with E-state index in [-0.39, 0.29) is 16.1 Å². The van der Waals surface area contributed by atoms with Gasteiger partial charge in [0.2, 0.25) is 15.2 Å². The van der Waals surface area contributed by atoms with Crippen molar-refractivity contribution in [2.75, 3.05) is 24.6 Å². The third-order valence-electron chi connectivity index (χ3n) is 6.45. The first-order valence-corrected chi connectivity index (χ1v) is 13.7. The lowest BCUT2D eigenvalue weighted by Crippen LogP contribution is -2.41. The third kappa shape index (κ3) is 4.09. The fourth-order valence-electron chi connectivity index (χ4n) is 4.49. The van der Waals surface area contributed by atoms with Crippen LogP contribution in [-0.4, -0.2) is 64.5 Å². The summed E-state index contributed by atoms with van der Waals surface area (Å²) in [5.41, 5.74) is -0.327. The molecule has 0 spiro atoms. The first kappa shape index (κ1) is 24.0. The second-order valence-electron chi connectivity index (χ2n) is 9.06. The molecule has 0 radical (unpaired) electrons. The Bertz CT molecular complexity index is 1680. The number of nitriles is 1. The smallest absolute Gasteiger partial charge is 0.291 e. The Morgan fingerprint density at radius 1 is 1.30 bits per heavy atom. The quantitative estimate of drug-likeness (QED) is 0.387. The van der Waals surface area contributed by atoms with E-state index in [1.165, 1.54) is 23.0 Å². The predicted molar refractivity (Wildman–Crippen MR) is 130 cm³/mol. The Morgan fingerprint density at radius 3 is 2.78 bits per heavy atom. The largest absolute Gasteiger partial charge is 0.375 e. The van der Waals surface area contributed by atoms with Crippen LogP contribution in [0.2, 0.25) is 0 Å². The van der Waals surface area contributed by atoms with E-state index in [4.69, 9.17) is 4.74 Å². The van der Waals surface area contributed by atoms with Gasteiger partial charge < -0.3 is 9.64 Å². The van der Waals surface area contributed by atoms with Crippen LogP contribution < -0.4 is 9.62 Å². The minimum absolute atomic E-state index is 0.0263. The average molecular weight is 547 g/mol. The van der Waals surface area contributed by atoms with Gasteiger partial charge in [0.1, 0.15) is 17.7 Å². The van der Waals surface area contributed by atoms with Crippen molar-refractivity contribution in [2.45, 2.75) is 42.7 Å². The van der Waals surface area contributed by atoms with Gasteiger partial charge in [-0.3, -0.25) is 4.57 Å². The number of aromatic nitrogens is 5. The maximum Gasteiger partial charge on any atom is 0.291 e. The van der Waals surface area contributed by atoms with Crippen LogP contribution in [0.3, 0.4) is 0 Å². The highest BCUT2D eigenvalue weighted by Gasteiger charge is 2.47. The van der Waals surface area contributed by atoms with E-state index >= 15 is 0 Å². The number of halogens is 2. The van der Waals surface area contributed by atoms with Crippen molar-refractivity contribution in [3.63, 3.8) is 0 Å². The van der Waals surface area contributed by atoms with E-state index in [0.717, 1.165) is 0 Å². The zero-order chi connectivity index (χ0) is 25.9. The number of sulfonamides is 1. The number of fused-ring (bicyclic) bond motifs is 3. The normalized spacial score (nSPS) is 19.5. The number of morpholine rings is 1. The maximum atomic E-state index is 13.4. The topological polar surface area (TPSA) is 139 Å². The molecule has 0 amide bonds. The van der Waals surface area contributed by atoms with Gasteiger partial charge in [-0.05, 0) is 31.9 Å². The highest BCUT2D eigenvalue weighted by atomic mass is 32.2. The van der Waals surface area contributed by atoms with Gasteiger partial charge in [0.05, 0.1) is 34.6 Å². The Kier molecular flexibility index (Phi) is 5.60. The molecular formula is C22H20F2N8O3S2. The molecular weight excluding hydrogens is 526 g/mol. The standard InChI is InChI=1S/C22H20F2N8O3S2/c1-12-9-31(6-7-35-12)18-16-14-3-2-13(37(33,34)30-22(10-25)4-5-22)8-15(14)32(19(16)27-11-26-18)21-29-28-20(36-21)17(23)24/h2-3,8,11-12,17,30H,4-7,9H2,1H3/t12-/m0/s1. The number of ether oxygens (including phenoxy) is 1. The first-order chi connectivity index (χ1) is 17.7. The number of anilines is 1. The Morgan fingerprint density at radius 2 is 2.11 bits per heavy atom. The van der Waals surface area contributed by atoms with E-state index < -0.39 is 27.0 Å². The molecule has 2 fully saturated rings. The molecule has 4 heterocycles. The van der Waals surface area contributed by atoms with Crippen molar-refractivity contribution in [3.05, 3.63) is 29.5 Å². The molecule has 192 valence electrons. The number of hydrogen-bond acceptors (Lipinski definition) is 10. The van der Waals surface area contributed by atoms with Crippen molar-refractivity contribution in [1.29, 1.82) is 5.26 Å². The van der Waals surface area contributed by atoms with Crippen LogP contribution in [0.1, 0.15) is 31.2 Å². The van der Waals surface area contributed by atoms with Gasteiger partial charge in [0, 0.05) is 18.5 Å². The van der Waals surface area contributed by atoms with Crippen molar-refractivity contribution in [3.8, 4) is 11.2 Å². The van der Waals surface area contributed by atoms with Crippen molar-refractivity contribution >= 4 is 49.1 Å². The lowest BCUT2D eigenvalue weighted by Gasteiger charge is -2.32. The summed E-state index contributed by atoms with van der Waals surface area (Å²) < 4.78 is 62.7. The van der Waals surface area contributed by atoms with Crippen molar-refractivity contribution in [2.24, 2.45) is 0 Å². The SMILES string of the molecule is C[C@H]1CN(c2ncnc3c2c2ccc(S(=O)(=O)NC4(C#N)CC4)cc2n3-c2nnc(C(F)F)s2)CCO1. The minimum Gasteiger partial charge on any atom is -0.375 e. The van der Waals surface area contributed by atoms with Gasteiger partial charge in [0.15, 0.2) is 10.7 Å². The molecule has 1 aliphatic carbocycles. The number of hydrogen-bond donors (Lipinski definition) is 1. The molecule has 0 bridgehead atoms. The Labute approximate surface area is 213 Å². The van der Waals surface area contributed by atoms with Crippen molar-refractivity contribution in [1.82, 2.24) is 29.5 Å². The molecule has 15 heteroatoms. The van der Waals surface area contributed by atoms with Gasteiger partial charge >= 0.3 is 0 Å². The van der Waals surface area contributed by atoms with Crippen LogP contribution in [0.15, 0.2) is 29.4 Å². The van der Waals surface area contributed by atoms with E-state index in [9.17, 15) is 22.5 Å². The number of nitrogens with one attached hydrogen (secondary N) is 1. The third-order valence-corrected chi connectivity index (χ3v) is 8.90. The fraction of sp³-hybridized carbons (Fsp3) is 0.409. The van der Waals surface area contributed by atoms with Crippen LogP contribution in [0.5, 0.6) is 0 Å². The summed E-state index contributed by atoms with van der Waals surface area (Å²) in [6.45, 7) is 3.64.